The van der Waals surface area contributed by atoms with Gasteiger partial charge in [0, 0.05) is 33.6 Å². The predicted octanol–water partition coefficient (Wildman–Crippen LogP) is 19.1. The number of hydrogen-bond donors (Lipinski definition) is 0. The fourth-order valence-electron chi connectivity index (χ4n) is 11.1. The zero-order valence-electron chi connectivity index (χ0n) is 39.5. The second kappa shape index (κ2) is 17.8. The van der Waals surface area contributed by atoms with Gasteiger partial charge < -0.3 is 9.64 Å². The molecule has 12 aromatic rings. The third-order valence-corrected chi connectivity index (χ3v) is 14.5. The van der Waals surface area contributed by atoms with E-state index in [1.807, 2.05) is 0 Å². The Hall–Kier alpha value is -8.98. The fourth-order valence-corrected chi connectivity index (χ4v) is 11.1. The van der Waals surface area contributed by atoms with Crippen molar-refractivity contribution in [3.05, 3.63) is 266 Å². The average Bonchev–Trinajstić information content (AvgIpc) is 3.46. The summed E-state index contributed by atoms with van der Waals surface area (Å²) in [5.41, 5.74) is 18.7. The Labute approximate surface area is 415 Å². The molecule has 71 heavy (non-hydrogen) atoms. The smallest absolute Gasteiger partial charge is 0.134 e. The van der Waals surface area contributed by atoms with Crippen LogP contribution in [0.25, 0.3) is 99.1 Å². The molecule has 13 rings (SSSR count). The number of benzene rings is 12. The molecule has 0 unspecified atom stereocenters. The normalized spacial score (nSPS) is 13.1. The summed E-state index contributed by atoms with van der Waals surface area (Å²) in [6, 6.07) is 95.4. The lowest BCUT2D eigenvalue weighted by atomic mass is 9.83. The second-order valence-corrected chi connectivity index (χ2v) is 18.8. The molecule has 1 atom stereocenters. The van der Waals surface area contributed by atoms with E-state index in [0.29, 0.717) is 6.61 Å². The first-order chi connectivity index (χ1) is 35.1. The van der Waals surface area contributed by atoms with Crippen LogP contribution in [0.15, 0.2) is 261 Å². The van der Waals surface area contributed by atoms with Crippen LogP contribution in [0.1, 0.15) is 18.4 Å². The van der Waals surface area contributed by atoms with Gasteiger partial charge in [0.1, 0.15) is 5.75 Å². The van der Waals surface area contributed by atoms with Crippen molar-refractivity contribution in [1.82, 2.24) is 0 Å². The number of fused-ring (bicyclic) bond motifs is 12. The predicted molar refractivity (Wildman–Crippen MR) is 300 cm³/mol. The van der Waals surface area contributed by atoms with Gasteiger partial charge in [-0.15, -0.1) is 0 Å². The van der Waals surface area contributed by atoms with Gasteiger partial charge in [-0.05, 0) is 131 Å². The van der Waals surface area contributed by atoms with E-state index >= 15 is 0 Å². The monoisotopic (exact) mass is 907 g/mol. The van der Waals surface area contributed by atoms with E-state index in [9.17, 15) is 0 Å². The first kappa shape index (κ1) is 42.1. The van der Waals surface area contributed by atoms with Gasteiger partial charge in [-0.25, -0.2) is 0 Å². The van der Waals surface area contributed by atoms with Crippen molar-refractivity contribution in [2.45, 2.75) is 12.8 Å². The molecule has 0 saturated heterocycles. The minimum absolute atomic E-state index is 0.111. The van der Waals surface area contributed by atoms with Crippen molar-refractivity contribution in [3.63, 3.8) is 0 Å². The van der Waals surface area contributed by atoms with Crippen LogP contribution in [0, 0.1) is 0 Å². The first-order valence-corrected chi connectivity index (χ1v) is 24.7. The summed E-state index contributed by atoms with van der Waals surface area (Å²) in [6.45, 7) is 2.86. The molecule has 0 aliphatic carbocycles. The third kappa shape index (κ3) is 7.53. The summed E-state index contributed by atoms with van der Waals surface area (Å²) in [6.07, 6.45) is 0. The maximum atomic E-state index is 7.14. The van der Waals surface area contributed by atoms with Crippen molar-refractivity contribution in [2.75, 3.05) is 11.5 Å². The van der Waals surface area contributed by atoms with E-state index in [-0.39, 0.29) is 5.92 Å². The van der Waals surface area contributed by atoms with Gasteiger partial charge in [0.25, 0.3) is 0 Å². The molecular weight excluding hydrogens is 859 g/mol. The third-order valence-electron chi connectivity index (χ3n) is 14.5. The highest BCUT2D eigenvalue weighted by Crippen LogP contribution is 2.49. The lowest BCUT2D eigenvalue weighted by Crippen LogP contribution is -2.10. The zero-order valence-corrected chi connectivity index (χ0v) is 39.5. The van der Waals surface area contributed by atoms with E-state index in [1.54, 1.807) is 0 Å². The van der Waals surface area contributed by atoms with E-state index in [2.05, 4.69) is 273 Å². The molecular formula is C69H49NO. The maximum absolute atomic E-state index is 7.14. The van der Waals surface area contributed by atoms with Gasteiger partial charge in [0.15, 0.2) is 0 Å². The topological polar surface area (TPSA) is 12.5 Å². The van der Waals surface area contributed by atoms with E-state index in [1.165, 1.54) is 71.6 Å². The standard InChI is InChI=1S/C69H49NO/c1-46-45-71-69-58-26-11-9-22-51(58)36-42-65(69)62-40-37-53(44-66(62)61-28-13-12-27-60(61)64-41-35-50-21-8-10-25-57(50)68(46)64)56-29-15-31-63-59(56)30-16-32-67(63)70(54-38-33-49(34-39-54)47-17-4-2-5-18-47)55-24-14-23-52(43-55)48-19-6-3-7-20-48/h2-44,46H,45H2,1H3/t46-/m0/s1. The summed E-state index contributed by atoms with van der Waals surface area (Å²) < 4.78 is 7.14. The lowest BCUT2D eigenvalue weighted by molar-refractivity contribution is 0.301. The Morgan fingerprint density at radius 3 is 1.62 bits per heavy atom. The highest BCUT2D eigenvalue weighted by Gasteiger charge is 2.25. The Kier molecular flexibility index (Phi) is 10.6. The summed E-state index contributed by atoms with van der Waals surface area (Å²) in [5, 5.41) is 7.13. The number of anilines is 3. The lowest BCUT2D eigenvalue weighted by Gasteiger charge is -2.28. The number of hydrogen-bond acceptors (Lipinski definition) is 2. The average molecular weight is 908 g/mol. The first-order valence-electron chi connectivity index (χ1n) is 24.7. The Morgan fingerprint density at radius 2 is 0.845 bits per heavy atom. The second-order valence-electron chi connectivity index (χ2n) is 18.8. The van der Waals surface area contributed by atoms with E-state index < -0.39 is 0 Å². The Balaban J connectivity index is 1.02. The molecule has 0 N–H and O–H groups in total. The minimum Gasteiger partial charge on any atom is -0.492 e. The number of nitrogens with zero attached hydrogens (tertiary/aromatic N) is 1. The minimum atomic E-state index is 0.111. The van der Waals surface area contributed by atoms with Crippen LogP contribution in [0.5, 0.6) is 5.75 Å². The molecule has 0 radical (unpaired) electrons. The fraction of sp³-hybridized carbons (Fsp3) is 0.0435. The van der Waals surface area contributed by atoms with Gasteiger partial charge >= 0.3 is 0 Å². The van der Waals surface area contributed by atoms with Gasteiger partial charge in [0.05, 0.1) is 12.3 Å². The quantitative estimate of drug-likeness (QED) is 0.165. The van der Waals surface area contributed by atoms with Crippen LogP contribution in [-0.2, 0) is 0 Å². The molecule has 0 amide bonds. The van der Waals surface area contributed by atoms with Crippen LogP contribution < -0.4 is 9.64 Å². The molecule has 336 valence electrons. The largest absolute Gasteiger partial charge is 0.492 e. The van der Waals surface area contributed by atoms with Crippen molar-refractivity contribution in [3.8, 4) is 72.5 Å². The maximum Gasteiger partial charge on any atom is 0.134 e. The Morgan fingerprint density at radius 1 is 0.324 bits per heavy atom. The molecule has 12 aromatic carbocycles. The van der Waals surface area contributed by atoms with Crippen molar-refractivity contribution < 1.29 is 4.74 Å². The van der Waals surface area contributed by atoms with Gasteiger partial charge in [-0.1, -0.05) is 225 Å². The molecule has 2 heteroatoms. The molecule has 0 aromatic heterocycles. The molecule has 0 fully saturated rings. The van der Waals surface area contributed by atoms with Crippen molar-refractivity contribution in [1.29, 1.82) is 0 Å². The SMILES string of the molecule is C[C@H]1COc2c(ccc3ccccc23)-c2ccc(-c3cccc4c(N(c5ccc(-c6ccccc6)cc5)c5cccc(-c6ccccc6)c5)cccc34)cc2-c2ccccc2-c2ccc3ccccc3c21. The molecule has 2 nitrogen and oxygen atoms in total. The van der Waals surface area contributed by atoms with Crippen molar-refractivity contribution >= 4 is 49.4 Å². The highest BCUT2D eigenvalue weighted by atomic mass is 16.5. The van der Waals surface area contributed by atoms with Crippen LogP contribution >= 0.6 is 0 Å². The molecule has 1 aliphatic heterocycles. The highest BCUT2D eigenvalue weighted by molar-refractivity contribution is 6.08. The number of ether oxygens (including phenoxy) is 1. The van der Waals surface area contributed by atoms with Crippen LogP contribution in [-0.4, -0.2) is 6.61 Å². The molecule has 0 spiro atoms. The molecule has 0 saturated carbocycles. The zero-order chi connectivity index (χ0) is 47.3. The van der Waals surface area contributed by atoms with Crippen LogP contribution in [0.4, 0.5) is 17.1 Å². The van der Waals surface area contributed by atoms with Crippen LogP contribution in [0.2, 0.25) is 0 Å². The summed E-state index contributed by atoms with van der Waals surface area (Å²) >= 11 is 0. The summed E-state index contributed by atoms with van der Waals surface area (Å²) in [4.78, 5) is 2.42. The van der Waals surface area contributed by atoms with Gasteiger partial charge in [-0.3, -0.25) is 0 Å². The van der Waals surface area contributed by atoms with Crippen molar-refractivity contribution in [2.24, 2.45) is 0 Å². The van der Waals surface area contributed by atoms with Crippen LogP contribution in [0.3, 0.4) is 0 Å². The molecule has 0 bridgehead atoms. The summed E-state index contributed by atoms with van der Waals surface area (Å²) in [5.74, 6) is 1.04. The van der Waals surface area contributed by atoms with E-state index in [4.69, 9.17) is 4.74 Å². The Bertz CT molecular complexity index is 3950. The van der Waals surface area contributed by atoms with Gasteiger partial charge in [0.2, 0.25) is 0 Å². The van der Waals surface area contributed by atoms with E-state index in [0.717, 1.165) is 55.8 Å². The molecule has 1 aliphatic rings. The van der Waals surface area contributed by atoms with Gasteiger partial charge in [-0.2, -0.15) is 0 Å². The number of rotatable bonds is 6. The summed E-state index contributed by atoms with van der Waals surface area (Å²) in [7, 11) is 0. The molecule has 1 heterocycles.